The lowest BCUT2D eigenvalue weighted by atomic mass is 10.1. The molecular weight excluding hydrogens is 395 g/mol. The molecule has 0 aliphatic carbocycles. The molecule has 0 saturated heterocycles. The van der Waals surface area contributed by atoms with Crippen molar-refractivity contribution in [3.63, 3.8) is 0 Å². The van der Waals surface area contributed by atoms with E-state index < -0.39 is 11.9 Å². The Bertz CT molecular complexity index is 946. The minimum atomic E-state index is -4.56. The van der Waals surface area contributed by atoms with Gasteiger partial charge in [0.15, 0.2) is 5.69 Å². The topological polar surface area (TPSA) is 28.5 Å². The van der Waals surface area contributed by atoms with E-state index >= 15 is 0 Å². The number of thiazole rings is 1. The van der Waals surface area contributed by atoms with Crippen molar-refractivity contribution in [1.82, 2.24) is 4.98 Å². The average Bonchev–Trinajstić information content (AvgIpc) is 3.06. The Labute approximate surface area is 163 Å². The first-order valence-corrected chi connectivity index (χ1v) is 9.09. The van der Waals surface area contributed by atoms with Crippen LogP contribution in [0, 0.1) is 0 Å². The molecule has 140 valence electrons. The minimum Gasteiger partial charge on any atom is -0.378 e. The van der Waals surface area contributed by atoms with Crippen LogP contribution >= 0.6 is 22.9 Å². The van der Waals surface area contributed by atoms with Gasteiger partial charge in [-0.3, -0.25) is 0 Å². The Morgan fingerprint density at radius 2 is 1.67 bits per heavy atom. The third-order valence-electron chi connectivity index (χ3n) is 3.72. The Kier molecular flexibility index (Phi) is 5.53. The highest BCUT2D eigenvalue weighted by Gasteiger charge is 2.37. The zero-order valence-corrected chi connectivity index (χ0v) is 16.0. The summed E-state index contributed by atoms with van der Waals surface area (Å²) in [5, 5.41) is 0.500. The predicted molar refractivity (Wildman–Crippen MR) is 106 cm³/mol. The normalized spacial score (nSPS) is 11.9. The van der Waals surface area contributed by atoms with Gasteiger partial charge in [0.05, 0.1) is 4.88 Å². The molecule has 8 heteroatoms. The molecule has 3 rings (SSSR count). The van der Waals surface area contributed by atoms with E-state index in [4.69, 9.17) is 11.6 Å². The Hall–Kier alpha value is -2.38. The molecule has 0 aliphatic heterocycles. The van der Waals surface area contributed by atoms with Crippen molar-refractivity contribution in [3.05, 3.63) is 64.8 Å². The maximum atomic E-state index is 13.4. The largest absolute Gasteiger partial charge is 0.434 e. The van der Waals surface area contributed by atoms with E-state index in [-0.39, 0.29) is 10.0 Å². The first kappa shape index (κ1) is 19.4. The van der Waals surface area contributed by atoms with E-state index in [9.17, 15) is 13.2 Å². The first-order chi connectivity index (χ1) is 12.7. The van der Waals surface area contributed by atoms with Gasteiger partial charge in [-0.1, -0.05) is 47.2 Å². The molecule has 0 radical (unpaired) electrons. The van der Waals surface area contributed by atoms with Crippen molar-refractivity contribution in [2.75, 3.05) is 19.0 Å². The molecule has 0 bridgehead atoms. The highest BCUT2D eigenvalue weighted by atomic mass is 35.5. The van der Waals surface area contributed by atoms with Crippen molar-refractivity contribution < 1.29 is 13.2 Å². The highest BCUT2D eigenvalue weighted by molar-refractivity contribution is 7.18. The quantitative estimate of drug-likeness (QED) is 0.473. The van der Waals surface area contributed by atoms with Crippen molar-refractivity contribution >= 4 is 40.0 Å². The summed E-state index contributed by atoms with van der Waals surface area (Å²) in [6, 6.07) is 13.7. The monoisotopic (exact) mass is 409 g/mol. The van der Waals surface area contributed by atoms with Gasteiger partial charge in [-0.2, -0.15) is 13.2 Å². The van der Waals surface area contributed by atoms with Gasteiger partial charge in [-0.15, -0.1) is 0 Å². The van der Waals surface area contributed by atoms with E-state index in [1.807, 2.05) is 43.3 Å². The third kappa shape index (κ3) is 4.67. The van der Waals surface area contributed by atoms with Crippen LogP contribution in [-0.2, 0) is 6.18 Å². The number of hydrogen-bond acceptors (Lipinski definition) is 4. The minimum absolute atomic E-state index is 0.0225. The average molecular weight is 410 g/mol. The molecule has 0 saturated carbocycles. The molecule has 27 heavy (non-hydrogen) atoms. The van der Waals surface area contributed by atoms with Crippen LogP contribution in [0.5, 0.6) is 0 Å². The van der Waals surface area contributed by atoms with Crippen molar-refractivity contribution in [1.29, 1.82) is 0 Å². The lowest BCUT2D eigenvalue weighted by Crippen LogP contribution is -2.08. The van der Waals surface area contributed by atoms with Gasteiger partial charge in [0.2, 0.25) is 5.13 Å². The van der Waals surface area contributed by atoms with Crippen molar-refractivity contribution in [3.8, 4) is 10.4 Å². The van der Waals surface area contributed by atoms with Crippen LogP contribution < -0.4 is 4.90 Å². The van der Waals surface area contributed by atoms with Gasteiger partial charge < -0.3 is 4.90 Å². The van der Waals surface area contributed by atoms with E-state index in [0.29, 0.717) is 10.6 Å². The van der Waals surface area contributed by atoms with E-state index in [0.717, 1.165) is 22.6 Å². The Morgan fingerprint density at radius 3 is 2.22 bits per heavy atom. The summed E-state index contributed by atoms with van der Waals surface area (Å²) in [6.07, 6.45) is -3.06. The van der Waals surface area contributed by atoms with Crippen LogP contribution in [0.3, 0.4) is 0 Å². The molecule has 0 amide bonds. The molecule has 0 aliphatic rings. The summed E-state index contributed by atoms with van der Waals surface area (Å²) in [4.78, 5) is 9.80. The van der Waals surface area contributed by atoms with Crippen LogP contribution in [0.1, 0.15) is 11.3 Å². The number of nitrogens with zero attached hydrogens (tertiary/aromatic N) is 3. The molecule has 0 N–H and O–H groups in total. The zero-order chi connectivity index (χ0) is 19.6. The van der Waals surface area contributed by atoms with Gasteiger partial charge in [-0.25, -0.2) is 9.98 Å². The number of halogens is 4. The fraction of sp³-hybridized carbons (Fsp3) is 0.158. The van der Waals surface area contributed by atoms with Crippen LogP contribution in [0.2, 0.25) is 5.02 Å². The number of aromatic nitrogens is 1. The SMILES string of the molecule is CN(C)c1ccc(C=Nc2nc(C(F)(F)F)c(-c3ccc(Cl)cc3)s2)cc1. The number of rotatable bonds is 4. The number of aliphatic imine (C=N–C) groups is 1. The van der Waals surface area contributed by atoms with Gasteiger partial charge in [-0.05, 0) is 35.4 Å². The second-order valence-electron chi connectivity index (χ2n) is 5.92. The fourth-order valence-corrected chi connectivity index (χ4v) is 3.40. The summed E-state index contributed by atoms with van der Waals surface area (Å²) in [7, 11) is 3.85. The lowest BCUT2D eigenvalue weighted by Gasteiger charge is -2.11. The smallest absolute Gasteiger partial charge is 0.378 e. The summed E-state index contributed by atoms with van der Waals surface area (Å²) in [5.41, 5.74) is 1.26. The van der Waals surface area contributed by atoms with Crippen molar-refractivity contribution in [2.24, 2.45) is 4.99 Å². The van der Waals surface area contributed by atoms with Crippen molar-refractivity contribution in [2.45, 2.75) is 6.18 Å². The molecule has 3 aromatic rings. The number of anilines is 1. The maximum Gasteiger partial charge on any atom is 0.434 e. The molecule has 0 atom stereocenters. The molecule has 1 aromatic heterocycles. The third-order valence-corrected chi connectivity index (χ3v) is 4.99. The molecule has 2 aromatic carbocycles. The van der Waals surface area contributed by atoms with Gasteiger partial charge in [0, 0.05) is 31.0 Å². The Morgan fingerprint density at radius 1 is 1.04 bits per heavy atom. The van der Waals surface area contributed by atoms with Crippen LogP contribution in [0.25, 0.3) is 10.4 Å². The number of hydrogen-bond donors (Lipinski definition) is 0. The highest BCUT2D eigenvalue weighted by Crippen LogP contribution is 2.42. The van der Waals surface area contributed by atoms with E-state index in [1.54, 1.807) is 24.3 Å². The summed E-state index contributed by atoms with van der Waals surface area (Å²) < 4.78 is 40.1. The maximum absolute atomic E-state index is 13.4. The molecule has 0 fully saturated rings. The standard InChI is InChI=1S/C19H15ClF3N3S/c1-26(2)15-9-3-12(4-10-15)11-24-18-25-17(19(21,22)23)16(27-18)13-5-7-14(20)8-6-13/h3-11H,1-2H3. The number of alkyl halides is 3. The molecular formula is C19H15ClF3N3S. The fourth-order valence-electron chi connectivity index (χ4n) is 2.34. The van der Waals surface area contributed by atoms with Crippen LogP contribution in [-0.4, -0.2) is 25.3 Å². The van der Waals surface area contributed by atoms with Crippen LogP contribution in [0.15, 0.2) is 53.5 Å². The predicted octanol–water partition coefficient (Wildman–Crippen LogP) is 6.30. The molecule has 3 nitrogen and oxygen atoms in total. The van der Waals surface area contributed by atoms with E-state index in [2.05, 4.69) is 9.98 Å². The van der Waals surface area contributed by atoms with Gasteiger partial charge in [0.25, 0.3) is 0 Å². The lowest BCUT2D eigenvalue weighted by molar-refractivity contribution is -0.140. The molecule has 0 spiro atoms. The zero-order valence-electron chi connectivity index (χ0n) is 14.5. The second kappa shape index (κ2) is 7.70. The summed E-state index contributed by atoms with van der Waals surface area (Å²) >= 11 is 6.71. The molecule has 1 heterocycles. The Balaban J connectivity index is 1.93. The molecule has 0 unspecified atom stereocenters. The second-order valence-corrected chi connectivity index (χ2v) is 7.34. The first-order valence-electron chi connectivity index (χ1n) is 7.89. The van der Waals surface area contributed by atoms with E-state index in [1.165, 1.54) is 6.21 Å². The number of benzene rings is 2. The summed E-state index contributed by atoms with van der Waals surface area (Å²) in [6.45, 7) is 0. The summed E-state index contributed by atoms with van der Waals surface area (Å²) in [5.74, 6) is 0. The van der Waals surface area contributed by atoms with Crippen LogP contribution in [0.4, 0.5) is 24.0 Å². The van der Waals surface area contributed by atoms with Gasteiger partial charge in [0.1, 0.15) is 0 Å². The van der Waals surface area contributed by atoms with Gasteiger partial charge >= 0.3 is 6.18 Å².